The summed E-state index contributed by atoms with van der Waals surface area (Å²) in [5.74, 6) is 0. The predicted molar refractivity (Wildman–Crippen MR) is 63.0 cm³/mol. The van der Waals surface area contributed by atoms with Gasteiger partial charge in [0, 0.05) is 10.9 Å². The Morgan fingerprint density at radius 3 is 2.79 bits per heavy atom. The van der Waals surface area contributed by atoms with E-state index in [1.165, 1.54) is 0 Å². The average molecular weight is 270 g/mol. The Kier molecular flexibility index (Phi) is 2.84. The Labute approximate surface area is 93.7 Å². The summed E-state index contributed by atoms with van der Waals surface area (Å²) >= 11 is 4.88. The smallest absolute Gasteiger partial charge is 0.252 e. The van der Waals surface area contributed by atoms with Crippen LogP contribution in [0.3, 0.4) is 0 Å². The first kappa shape index (κ1) is 9.68. The van der Waals surface area contributed by atoms with Crippen LogP contribution in [0.15, 0.2) is 34.4 Å². The molecule has 4 heteroatoms. The minimum atomic E-state index is -0.0206. The highest BCUT2D eigenvalue weighted by Crippen LogP contribution is 2.21. The molecule has 14 heavy (non-hydrogen) atoms. The van der Waals surface area contributed by atoms with Crippen molar-refractivity contribution in [3.63, 3.8) is 0 Å². The second-order valence-electron chi connectivity index (χ2n) is 2.84. The molecule has 0 saturated carbocycles. The molecule has 0 aromatic carbocycles. The van der Waals surface area contributed by atoms with Crippen LogP contribution in [0.4, 0.5) is 0 Å². The maximum atomic E-state index is 11.5. The highest BCUT2D eigenvalue weighted by atomic mass is 79.9. The largest absolute Gasteiger partial charge is 0.321 e. The van der Waals surface area contributed by atoms with Crippen molar-refractivity contribution in [1.82, 2.24) is 4.98 Å². The highest BCUT2D eigenvalue weighted by molar-refractivity contribution is 9.08. The summed E-state index contributed by atoms with van der Waals surface area (Å²) in [6.45, 7) is 0. The van der Waals surface area contributed by atoms with Gasteiger partial charge < -0.3 is 4.98 Å². The number of pyridine rings is 1. The van der Waals surface area contributed by atoms with Crippen molar-refractivity contribution in [1.29, 1.82) is 0 Å². The van der Waals surface area contributed by atoms with E-state index in [9.17, 15) is 4.79 Å². The number of aromatic amines is 1. The van der Waals surface area contributed by atoms with Crippen molar-refractivity contribution < 1.29 is 0 Å². The highest BCUT2D eigenvalue weighted by Gasteiger charge is 2.02. The van der Waals surface area contributed by atoms with Crippen molar-refractivity contribution in [2.45, 2.75) is 5.33 Å². The molecule has 2 rings (SSSR count). The zero-order valence-electron chi connectivity index (χ0n) is 7.29. The number of hydrogen-bond acceptors (Lipinski definition) is 2. The lowest BCUT2D eigenvalue weighted by molar-refractivity contribution is 1.18. The van der Waals surface area contributed by atoms with E-state index in [2.05, 4.69) is 20.9 Å². The van der Waals surface area contributed by atoms with Gasteiger partial charge in [0.2, 0.25) is 0 Å². The van der Waals surface area contributed by atoms with Gasteiger partial charge in [-0.15, -0.1) is 11.3 Å². The molecule has 0 aliphatic heterocycles. The molecular weight excluding hydrogens is 262 g/mol. The summed E-state index contributed by atoms with van der Waals surface area (Å²) in [6.07, 6.45) is 0. The monoisotopic (exact) mass is 269 g/mol. The van der Waals surface area contributed by atoms with Crippen LogP contribution in [0.1, 0.15) is 5.56 Å². The fraction of sp³-hybridized carbons (Fsp3) is 0.100. The van der Waals surface area contributed by atoms with Crippen LogP contribution in [0.5, 0.6) is 0 Å². The molecule has 2 nitrogen and oxygen atoms in total. The van der Waals surface area contributed by atoms with Crippen LogP contribution in [-0.2, 0) is 5.33 Å². The van der Waals surface area contributed by atoms with E-state index >= 15 is 0 Å². The molecule has 1 N–H and O–H groups in total. The minimum absolute atomic E-state index is 0.0206. The minimum Gasteiger partial charge on any atom is -0.321 e. The topological polar surface area (TPSA) is 32.9 Å². The molecule has 0 aliphatic rings. The van der Waals surface area contributed by atoms with Gasteiger partial charge >= 0.3 is 0 Å². The van der Waals surface area contributed by atoms with Crippen LogP contribution in [0.2, 0.25) is 0 Å². The van der Waals surface area contributed by atoms with Gasteiger partial charge in [0.1, 0.15) is 0 Å². The first-order chi connectivity index (χ1) is 6.81. The number of nitrogens with one attached hydrogen (secondary N) is 1. The van der Waals surface area contributed by atoms with Gasteiger partial charge in [0.15, 0.2) is 0 Å². The van der Waals surface area contributed by atoms with Crippen molar-refractivity contribution in [2.24, 2.45) is 0 Å². The zero-order chi connectivity index (χ0) is 9.97. The maximum absolute atomic E-state index is 11.5. The molecule has 2 aromatic heterocycles. The first-order valence-electron chi connectivity index (χ1n) is 4.13. The summed E-state index contributed by atoms with van der Waals surface area (Å²) in [4.78, 5) is 15.4. The van der Waals surface area contributed by atoms with Crippen LogP contribution in [-0.4, -0.2) is 4.98 Å². The van der Waals surface area contributed by atoms with Gasteiger partial charge in [-0.25, -0.2) is 0 Å². The van der Waals surface area contributed by atoms with Gasteiger partial charge in [-0.2, -0.15) is 0 Å². The van der Waals surface area contributed by atoms with Gasteiger partial charge in [-0.3, -0.25) is 4.79 Å². The summed E-state index contributed by atoms with van der Waals surface area (Å²) in [5.41, 5.74) is 1.62. The molecule has 2 aromatic rings. The molecule has 0 fully saturated rings. The van der Waals surface area contributed by atoms with Crippen LogP contribution in [0, 0.1) is 0 Å². The molecule has 0 unspecified atom stereocenters. The van der Waals surface area contributed by atoms with Crippen molar-refractivity contribution in [2.75, 3.05) is 0 Å². The number of H-pyrrole nitrogens is 1. The van der Waals surface area contributed by atoms with Crippen molar-refractivity contribution >= 4 is 27.3 Å². The fourth-order valence-electron chi connectivity index (χ4n) is 1.18. The predicted octanol–water partition coefficient (Wildman–Crippen LogP) is 3.00. The molecule has 72 valence electrons. The summed E-state index contributed by atoms with van der Waals surface area (Å²) < 4.78 is 0. The SMILES string of the molecule is O=c1[nH]c(-c2cccs2)ccc1CBr. The van der Waals surface area contributed by atoms with E-state index in [1.54, 1.807) is 11.3 Å². The normalized spacial score (nSPS) is 10.4. The molecular formula is C10H8BrNOS. The number of halogens is 1. The Morgan fingerprint density at radius 2 is 2.21 bits per heavy atom. The van der Waals surface area contributed by atoms with E-state index in [1.807, 2.05) is 29.6 Å². The number of thiophene rings is 1. The van der Waals surface area contributed by atoms with E-state index in [0.29, 0.717) is 5.33 Å². The lowest BCUT2D eigenvalue weighted by Crippen LogP contribution is -2.10. The van der Waals surface area contributed by atoms with Crippen LogP contribution >= 0.6 is 27.3 Å². The lowest BCUT2D eigenvalue weighted by Gasteiger charge is -1.98. The van der Waals surface area contributed by atoms with Crippen LogP contribution in [0.25, 0.3) is 10.6 Å². The Morgan fingerprint density at radius 1 is 1.36 bits per heavy atom. The second-order valence-corrected chi connectivity index (χ2v) is 4.35. The summed E-state index contributed by atoms with van der Waals surface area (Å²) in [5, 5.41) is 2.58. The molecule has 0 bridgehead atoms. The van der Waals surface area contributed by atoms with E-state index in [4.69, 9.17) is 0 Å². The third-order valence-corrected chi connectivity index (χ3v) is 3.43. The first-order valence-corrected chi connectivity index (χ1v) is 6.13. The third kappa shape index (κ3) is 1.81. The molecule has 0 atom stereocenters. The van der Waals surface area contributed by atoms with Crippen LogP contribution < -0.4 is 5.56 Å². The van der Waals surface area contributed by atoms with E-state index in [-0.39, 0.29) is 5.56 Å². The molecule has 0 amide bonds. The Balaban J connectivity index is 2.48. The molecule has 0 spiro atoms. The zero-order valence-corrected chi connectivity index (χ0v) is 9.69. The molecule has 0 aliphatic carbocycles. The fourth-order valence-corrected chi connectivity index (χ4v) is 2.33. The second kappa shape index (κ2) is 4.11. The van der Waals surface area contributed by atoms with Crippen molar-refractivity contribution in [3.8, 4) is 10.6 Å². The van der Waals surface area contributed by atoms with Gasteiger partial charge in [-0.05, 0) is 17.5 Å². The molecule has 0 saturated heterocycles. The van der Waals surface area contributed by atoms with Gasteiger partial charge in [-0.1, -0.05) is 28.1 Å². The van der Waals surface area contributed by atoms with Crippen molar-refractivity contribution in [3.05, 3.63) is 45.6 Å². The van der Waals surface area contributed by atoms with E-state index < -0.39 is 0 Å². The number of rotatable bonds is 2. The maximum Gasteiger partial charge on any atom is 0.252 e. The Bertz CT molecular complexity index is 475. The average Bonchev–Trinajstić information content (AvgIpc) is 2.70. The van der Waals surface area contributed by atoms with Gasteiger partial charge in [0.25, 0.3) is 5.56 Å². The third-order valence-electron chi connectivity index (χ3n) is 1.92. The lowest BCUT2D eigenvalue weighted by atomic mass is 10.2. The number of hydrogen-bond donors (Lipinski definition) is 1. The quantitative estimate of drug-likeness (QED) is 0.836. The standard InChI is InChI=1S/C10H8BrNOS/c11-6-7-3-4-8(12-10(7)13)9-2-1-5-14-9/h1-5H,6H2,(H,12,13). The number of alkyl halides is 1. The van der Waals surface area contributed by atoms with Gasteiger partial charge in [0.05, 0.1) is 10.6 Å². The Hall–Kier alpha value is -0.870. The summed E-state index contributed by atoms with van der Waals surface area (Å²) in [6, 6.07) is 7.74. The summed E-state index contributed by atoms with van der Waals surface area (Å²) in [7, 11) is 0. The van der Waals surface area contributed by atoms with E-state index in [0.717, 1.165) is 16.1 Å². The molecule has 0 radical (unpaired) electrons. The number of aromatic nitrogens is 1. The molecule has 2 heterocycles.